The number of likely N-dealkylation sites (tertiary alicyclic amines) is 1. The van der Waals surface area contributed by atoms with Crippen LogP contribution in [0.25, 0.3) is 0 Å². The molecular formula is C15H31Cl2N3OS. The van der Waals surface area contributed by atoms with Crippen molar-refractivity contribution in [2.45, 2.75) is 32.7 Å². The predicted molar refractivity (Wildman–Crippen MR) is 101 cm³/mol. The number of hydrogen-bond donors (Lipinski definition) is 2. The van der Waals surface area contributed by atoms with Gasteiger partial charge in [0.25, 0.3) is 0 Å². The molecule has 0 aromatic heterocycles. The second-order valence-corrected chi connectivity index (χ2v) is 7.69. The molecular weight excluding hydrogens is 341 g/mol. The van der Waals surface area contributed by atoms with E-state index in [4.69, 9.17) is 0 Å². The number of halogens is 2. The molecule has 2 aliphatic heterocycles. The maximum atomic E-state index is 12.0. The van der Waals surface area contributed by atoms with E-state index in [9.17, 15) is 4.79 Å². The van der Waals surface area contributed by atoms with Crippen molar-refractivity contribution >= 4 is 42.5 Å². The van der Waals surface area contributed by atoms with Gasteiger partial charge in [0.05, 0.1) is 0 Å². The summed E-state index contributed by atoms with van der Waals surface area (Å²) in [5.41, 5.74) is 0. The van der Waals surface area contributed by atoms with Crippen LogP contribution in [0.5, 0.6) is 0 Å². The van der Waals surface area contributed by atoms with Crippen LogP contribution in [-0.4, -0.2) is 61.1 Å². The van der Waals surface area contributed by atoms with Crippen LogP contribution < -0.4 is 10.6 Å². The van der Waals surface area contributed by atoms with E-state index >= 15 is 0 Å². The highest BCUT2D eigenvalue weighted by Crippen LogP contribution is 2.17. The van der Waals surface area contributed by atoms with Gasteiger partial charge in [0.15, 0.2) is 0 Å². The molecule has 0 aromatic carbocycles. The van der Waals surface area contributed by atoms with Crippen molar-refractivity contribution in [3.05, 3.63) is 0 Å². The van der Waals surface area contributed by atoms with Crippen LogP contribution in [0.15, 0.2) is 0 Å². The fraction of sp³-hybridized carbons (Fsp3) is 0.933. The van der Waals surface area contributed by atoms with Gasteiger partial charge in [-0.1, -0.05) is 13.8 Å². The summed E-state index contributed by atoms with van der Waals surface area (Å²) in [6.07, 6.45) is 1.86. The fourth-order valence-electron chi connectivity index (χ4n) is 3.07. The summed E-state index contributed by atoms with van der Waals surface area (Å²) < 4.78 is 0. The first-order chi connectivity index (χ1) is 9.63. The molecule has 2 aliphatic rings. The topological polar surface area (TPSA) is 44.4 Å². The summed E-state index contributed by atoms with van der Waals surface area (Å²) in [5, 5.41) is 6.55. The van der Waals surface area contributed by atoms with Gasteiger partial charge in [0.2, 0.25) is 5.91 Å². The molecule has 0 bridgehead atoms. The van der Waals surface area contributed by atoms with Crippen LogP contribution in [0.2, 0.25) is 0 Å². The van der Waals surface area contributed by atoms with Gasteiger partial charge in [-0.15, -0.1) is 24.8 Å². The van der Waals surface area contributed by atoms with Crippen LogP contribution in [0, 0.1) is 11.8 Å². The Hall–Kier alpha value is 0.320. The molecule has 0 saturated carbocycles. The van der Waals surface area contributed by atoms with Gasteiger partial charge in [0, 0.05) is 50.1 Å². The number of thioether (sulfide) groups is 1. The van der Waals surface area contributed by atoms with E-state index in [1.165, 1.54) is 25.3 Å². The Bertz CT molecular complexity index is 315. The maximum absolute atomic E-state index is 12.0. The van der Waals surface area contributed by atoms with Gasteiger partial charge >= 0.3 is 0 Å². The van der Waals surface area contributed by atoms with E-state index < -0.39 is 0 Å². The summed E-state index contributed by atoms with van der Waals surface area (Å²) in [4.78, 5) is 14.5. The zero-order valence-corrected chi connectivity index (χ0v) is 16.1. The number of rotatable bonds is 6. The van der Waals surface area contributed by atoms with Crippen LogP contribution in [0.4, 0.5) is 0 Å². The summed E-state index contributed by atoms with van der Waals surface area (Å²) >= 11 is 1.95. The Kier molecular flexibility index (Phi) is 12.0. The smallest absolute Gasteiger partial charge is 0.221 e. The first-order valence-corrected chi connectivity index (χ1v) is 9.09. The average Bonchev–Trinajstić information content (AvgIpc) is 2.84. The predicted octanol–water partition coefficient (Wildman–Crippen LogP) is 2.02. The molecule has 7 heteroatoms. The zero-order chi connectivity index (χ0) is 14.4. The van der Waals surface area contributed by atoms with Crippen molar-refractivity contribution in [2.24, 2.45) is 11.8 Å². The molecule has 2 saturated heterocycles. The highest BCUT2D eigenvalue weighted by atomic mass is 35.5. The largest absolute Gasteiger partial charge is 0.356 e. The maximum Gasteiger partial charge on any atom is 0.221 e. The molecule has 4 nitrogen and oxygen atoms in total. The van der Waals surface area contributed by atoms with Crippen molar-refractivity contribution in [3.8, 4) is 0 Å². The molecule has 2 rings (SSSR count). The van der Waals surface area contributed by atoms with Gasteiger partial charge in [-0.3, -0.25) is 4.79 Å². The number of nitrogens with one attached hydrogen (secondary N) is 2. The van der Waals surface area contributed by atoms with Crippen LogP contribution in [-0.2, 0) is 4.79 Å². The molecule has 2 atom stereocenters. The first kappa shape index (κ1) is 22.3. The number of carbonyl (C=O) groups is 1. The normalized spacial score (nSPS) is 25.4. The second-order valence-electron chi connectivity index (χ2n) is 6.54. The van der Waals surface area contributed by atoms with Crippen molar-refractivity contribution < 1.29 is 4.79 Å². The molecule has 22 heavy (non-hydrogen) atoms. The molecule has 2 unspecified atom stereocenters. The molecule has 0 spiro atoms. The van der Waals surface area contributed by atoms with E-state index in [-0.39, 0.29) is 30.7 Å². The van der Waals surface area contributed by atoms with E-state index in [0.29, 0.717) is 18.4 Å². The minimum atomic E-state index is 0. The zero-order valence-electron chi connectivity index (χ0n) is 13.7. The second kappa shape index (κ2) is 11.8. The van der Waals surface area contributed by atoms with Crippen LogP contribution >= 0.6 is 36.6 Å². The number of nitrogens with zero attached hydrogens (tertiary/aromatic N) is 1. The SMILES string of the molecule is CC(C)CN1CCC(CNC(=O)CC2CSCCN2)C1.Cl.Cl. The standard InChI is InChI=1S/C15H29N3OS.2ClH/c1-12(2)9-18-5-3-13(10-18)8-17-15(19)7-14-11-20-6-4-16-14;;/h12-14,16H,3-11H2,1-2H3,(H,17,19);2*1H. The third-order valence-electron chi connectivity index (χ3n) is 4.01. The lowest BCUT2D eigenvalue weighted by Crippen LogP contribution is -2.42. The molecule has 1 amide bonds. The van der Waals surface area contributed by atoms with Crippen LogP contribution in [0.3, 0.4) is 0 Å². The molecule has 132 valence electrons. The highest BCUT2D eigenvalue weighted by molar-refractivity contribution is 7.99. The molecule has 2 heterocycles. The molecule has 2 N–H and O–H groups in total. The van der Waals surface area contributed by atoms with E-state index in [2.05, 4.69) is 29.4 Å². The Morgan fingerprint density at radius 2 is 2.18 bits per heavy atom. The van der Waals surface area contributed by atoms with Crippen molar-refractivity contribution in [3.63, 3.8) is 0 Å². The van der Waals surface area contributed by atoms with Crippen molar-refractivity contribution in [1.82, 2.24) is 15.5 Å². The van der Waals surface area contributed by atoms with E-state index in [1.807, 2.05) is 11.8 Å². The van der Waals surface area contributed by atoms with Gasteiger partial charge in [-0.25, -0.2) is 0 Å². The quantitative estimate of drug-likeness (QED) is 0.749. The fourth-order valence-corrected chi connectivity index (χ4v) is 4.02. The third-order valence-corrected chi connectivity index (χ3v) is 5.14. The molecule has 0 aromatic rings. The summed E-state index contributed by atoms with van der Waals surface area (Å²) in [6.45, 7) is 9.96. The Morgan fingerprint density at radius 3 is 2.82 bits per heavy atom. The van der Waals surface area contributed by atoms with Gasteiger partial charge in [-0.05, 0) is 24.8 Å². The van der Waals surface area contributed by atoms with Crippen molar-refractivity contribution in [1.29, 1.82) is 0 Å². The Balaban J connectivity index is 0.00000220. The number of hydrogen-bond acceptors (Lipinski definition) is 4. The molecule has 0 aliphatic carbocycles. The molecule has 0 radical (unpaired) electrons. The average molecular weight is 372 g/mol. The number of carbonyl (C=O) groups excluding carboxylic acids is 1. The van der Waals surface area contributed by atoms with Crippen LogP contribution in [0.1, 0.15) is 26.7 Å². The van der Waals surface area contributed by atoms with Gasteiger partial charge in [0.1, 0.15) is 0 Å². The van der Waals surface area contributed by atoms with E-state index in [0.717, 1.165) is 31.3 Å². The summed E-state index contributed by atoms with van der Waals surface area (Å²) in [5.74, 6) is 3.84. The Labute approximate surface area is 151 Å². The lowest BCUT2D eigenvalue weighted by Gasteiger charge is -2.23. The first-order valence-electron chi connectivity index (χ1n) is 7.93. The van der Waals surface area contributed by atoms with Gasteiger partial charge in [-0.2, -0.15) is 11.8 Å². The lowest BCUT2D eigenvalue weighted by molar-refractivity contribution is -0.121. The van der Waals surface area contributed by atoms with Gasteiger partial charge < -0.3 is 15.5 Å². The van der Waals surface area contributed by atoms with Crippen molar-refractivity contribution in [2.75, 3.05) is 44.2 Å². The lowest BCUT2D eigenvalue weighted by atomic mass is 10.1. The Morgan fingerprint density at radius 1 is 1.41 bits per heavy atom. The minimum Gasteiger partial charge on any atom is -0.356 e. The summed E-state index contributed by atoms with van der Waals surface area (Å²) in [6, 6.07) is 0.370. The van der Waals surface area contributed by atoms with E-state index in [1.54, 1.807) is 0 Å². The number of amides is 1. The third kappa shape index (κ3) is 8.25. The monoisotopic (exact) mass is 371 g/mol. The highest BCUT2D eigenvalue weighted by Gasteiger charge is 2.23. The molecule has 2 fully saturated rings. The minimum absolute atomic E-state index is 0. The summed E-state index contributed by atoms with van der Waals surface area (Å²) in [7, 11) is 0.